The van der Waals surface area contributed by atoms with Gasteiger partial charge >= 0.3 is 0 Å². The van der Waals surface area contributed by atoms with Gasteiger partial charge in [0, 0.05) is 0 Å². The lowest BCUT2D eigenvalue weighted by molar-refractivity contribution is 0.597. The monoisotopic (exact) mass is 238 g/mol. The maximum absolute atomic E-state index is 11.7. The minimum atomic E-state index is -3.09. The van der Waals surface area contributed by atoms with Crippen LogP contribution < -0.4 is 0 Å². The van der Waals surface area contributed by atoms with Gasteiger partial charge in [0.1, 0.15) is 0 Å². The van der Waals surface area contributed by atoms with Gasteiger partial charge in [0.15, 0.2) is 9.84 Å². The molecule has 0 fully saturated rings. The van der Waals surface area contributed by atoms with Gasteiger partial charge in [-0.1, -0.05) is 32.1 Å². The molecule has 0 saturated carbocycles. The van der Waals surface area contributed by atoms with Crippen molar-refractivity contribution in [1.82, 2.24) is 0 Å². The highest BCUT2D eigenvalue weighted by atomic mass is 32.2. The van der Waals surface area contributed by atoms with Crippen molar-refractivity contribution in [3.63, 3.8) is 0 Å². The second kappa shape index (κ2) is 5.30. The molecule has 0 spiro atoms. The molecule has 1 aromatic carbocycles. The van der Waals surface area contributed by atoms with Crippen LogP contribution in [-0.4, -0.2) is 14.2 Å². The molecule has 0 N–H and O–H groups in total. The minimum Gasteiger partial charge on any atom is -0.224 e. The number of hydrogen-bond donors (Lipinski definition) is 0. The molecule has 0 bridgehead atoms. The lowest BCUT2D eigenvalue weighted by Gasteiger charge is -2.10. The molecule has 0 aliphatic carbocycles. The van der Waals surface area contributed by atoms with Crippen LogP contribution in [0.4, 0.5) is 0 Å². The number of allylic oxidation sites excluding steroid dienone is 1. The maximum atomic E-state index is 11.7. The third-order valence-corrected chi connectivity index (χ3v) is 4.42. The molecular formula is C13H18O2S. The van der Waals surface area contributed by atoms with Crippen molar-refractivity contribution in [1.29, 1.82) is 0 Å². The van der Waals surface area contributed by atoms with E-state index in [9.17, 15) is 8.42 Å². The maximum Gasteiger partial charge on any atom is 0.178 e. The first-order valence-corrected chi connectivity index (χ1v) is 7.10. The zero-order valence-electron chi connectivity index (χ0n) is 9.81. The van der Waals surface area contributed by atoms with Gasteiger partial charge in [-0.3, -0.25) is 0 Å². The average molecular weight is 238 g/mol. The summed E-state index contributed by atoms with van der Waals surface area (Å²) in [7, 11) is -3.09. The lowest BCUT2D eigenvalue weighted by atomic mass is 9.98. The van der Waals surface area contributed by atoms with Gasteiger partial charge in [0.05, 0.1) is 10.6 Å². The van der Waals surface area contributed by atoms with Gasteiger partial charge in [-0.15, -0.1) is 6.58 Å². The highest BCUT2D eigenvalue weighted by molar-refractivity contribution is 7.91. The molecule has 0 radical (unpaired) electrons. The van der Waals surface area contributed by atoms with E-state index in [4.69, 9.17) is 0 Å². The SMILES string of the molecule is C=CCC(C)c1cccc(S(=O)(=O)CC)c1. The van der Waals surface area contributed by atoms with Crippen molar-refractivity contribution < 1.29 is 8.42 Å². The third-order valence-electron chi connectivity index (χ3n) is 2.69. The molecule has 16 heavy (non-hydrogen) atoms. The summed E-state index contributed by atoms with van der Waals surface area (Å²) in [5.41, 5.74) is 1.05. The molecular weight excluding hydrogens is 220 g/mol. The largest absolute Gasteiger partial charge is 0.224 e. The Kier molecular flexibility index (Phi) is 4.30. The van der Waals surface area contributed by atoms with Crippen molar-refractivity contribution in [2.75, 3.05) is 5.75 Å². The molecule has 1 atom stereocenters. The van der Waals surface area contributed by atoms with Crippen LogP contribution in [0, 0.1) is 0 Å². The number of rotatable bonds is 5. The van der Waals surface area contributed by atoms with E-state index in [2.05, 4.69) is 13.5 Å². The van der Waals surface area contributed by atoms with Gasteiger partial charge in [0.2, 0.25) is 0 Å². The van der Waals surface area contributed by atoms with Crippen LogP contribution in [0.3, 0.4) is 0 Å². The minimum absolute atomic E-state index is 0.145. The summed E-state index contributed by atoms with van der Waals surface area (Å²) < 4.78 is 23.4. The van der Waals surface area contributed by atoms with E-state index in [1.165, 1.54) is 0 Å². The van der Waals surface area contributed by atoms with Crippen molar-refractivity contribution in [2.45, 2.75) is 31.1 Å². The molecule has 0 amide bonds. The van der Waals surface area contributed by atoms with E-state index in [0.29, 0.717) is 10.8 Å². The van der Waals surface area contributed by atoms with Crippen LogP contribution in [0.25, 0.3) is 0 Å². The molecule has 2 nitrogen and oxygen atoms in total. The molecule has 0 aliphatic rings. The van der Waals surface area contributed by atoms with Gasteiger partial charge in [-0.05, 0) is 30.0 Å². The van der Waals surface area contributed by atoms with Crippen LogP contribution >= 0.6 is 0 Å². The van der Waals surface area contributed by atoms with E-state index < -0.39 is 9.84 Å². The van der Waals surface area contributed by atoms with Crippen molar-refractivity contribution in [2.24, 2.45) is 0 Å². The molecule has 0 saturated heterocycles. The first-order valence-electron chi connectivity index (χ1n) is 5.45. The van der Waals surface area contributed by atoms with E-state index in [0.717, 1.165) is 12.0 Å². The standard InChI is InChI=1S/C13H18O2S/c1-4-7-11(3)12-8-6-9-13(10-12)16(14,15)5-2/h4,6,8-11H,1,5,7H2,2-3H3. The summed E-state index contributed by atoms with van der Waals surface area (Å²) in [5, 5.41) is 0. The summed E-state index contributed by atoms with van der Waals surface area (Å²) in [4.78, 5) is 0.420. The highest BCUT2D eigenvalue weighted by Crippen LogP contribution is 2.22. The molecule has 1 unspecified atom stereocenters. The van der Waals surface area contributed by atoms with Crippen molar-refractivity contribution in [3.8, 4) is 0 Å². The Balaban J connectivity index is 3.09. The Bertz CT molecular complexity index is 461. The fourth-order valence-electron chi connectivity index (χ4n) is 1.57. The Hall–Kier alpha value is -1.09. The normalized spacial score (nSPS) is 13.4. The Morgan fingerprint density at radius 2 is 2.12 bits per heavy atom. The van der Waals surface area contributed by atoms with Crippen molar-refractivity contribution in [3.05, 3.63) is 42.5 Å². The highest BCUT2D eigenvalue weighted by Gasteiger charge is 2.13. The topological polar surface area (TPSA) is 34.1 Å². The lowest BCUT2D eigenvalue weighted by Crippen LogP contribution is -2.04. The molecule has 0 aromatic heterocycles. The molecule has 88 valence electrons. The summed E-state index contributed by atoms with van der Waals surface area (Å²) >= 11 is 0. The second-order valence-corrected chi connectivity index (χ2v) is 6.18. The number of sulfone groups is 1. The predicted molar refractivity (Wildman–Crippen MR) is 67.4 cm³/mol. The molecule has 1 rings (SSSR count). The van der Waals surface area contributed by atoms with E-state index in [-0.39, 0.29) is 5.75 Å². The molecule has 1 aromatic rings. The summed E-state index contributed by atoms with van der Waals surface area (Å²) in [6, 6.07) is 7.19. The number of benzene rings is 1. The van der Waals surface area contributed by atoms with Gasteiger partial charge in [0.25, 0.3) is 0 Å². The fraction of sp³-hybridized carbons (Fsp3) is 0.385. The summed E-state index contributed by atoms with van der Waals surface area (Å²) in [6.45, 7) is 7.43. The summed E-state index contributed by atoms with van der Waals surface area (Å²) in [6.07, 6.45) is 2.71. The van der Waals surface area contributed by atoms with Gasteiger partial charge in [-0.2, -0.15) is 0 Å². The average Bonchev–Trinajstić information content (AvgIpc) is 2.29. The Morgan fingerprint density at radius 3 is 2.69 bits per heavy atom. The van der Waals surface area contributed by atoms with Crippen LogP contribution in [0.5, 0.6) is 0 Å². The Morgan fingerprint density at radius 1 is 1.44 bits per heavy atom. The third kappa shape index (κ3) is 2.95. The Labute approximate surface area is 97.9 Å². The van der Waals surface area contributed by atoms with Gasteiger partial charge in [-0.25, -0.2) is 8.42 Å². The quantitative estimate of drug-likeness (QED) is 0.738. The zero-order chi connectivity index (χ0) is 12.2. The first-order chi connectivity index (χ1) is 7.51. The van der Waals surface area contributed by atoms with Crippen molar-refractivity contribution >= 4 is 9.84 Å². The summed E-state index contributed by atoms with van der Waals surface area (Å²) in [5.74, 6) is 0.455. The fourth-order valence-corrected chi connectivity index (χ4v) is 2.50. The molecule has 3 heteroatoms. The molecule has 0 aliphatic heterocycles. The predicted octanol–water partition coefficient (Wildman–Crippen LogP) is 3.16. The second-order valence-electron chi connectivity index (χ2n) is 3.90. The smallest absolute Gasteiger partial charge is 0.178 e. The van der Waals surface area contributed by atoms with E-state index in [1.54, 1.807) is 25.1 Å². The van der Waals surface area contributed by atoms with Crippen LogP contribution in [0.2, 0.25) is 0 Å². The zero-order valence-corrected chi connectivity index (χ0v) is 10.6. The van der Waals surface area contributed by atoms with Gasteiger partial charge < -0.3 is 0 Å². The van der Waals surface area contributed by atoms with E-state index in [1.807, 2.05) is 12.1 Å². The van der Waals surface area contributed by atoms with E-state index >= 15 is 0 Å². The van der Waals surface area contributed by atoms with Crippen LogP contribution in [-0.2, 0) is 9.84 Å². The first kappa shape index (κ1) is 13.0. The molecule has 0 heterocycles. The van der Waals surface area contributed by atoms with Crippen LogP contribution in [0.15, 0.2) is 41.8 Å². The number of hydrogen-bond acceptors (Lipinski definition) is 2. The van der Waals surface area contributed by atoms with Crippen LogP contribution in [0.1, 0.15) is 31.7 Å².